The van der Waals surface area contributed by atoms with Gasteiger partial charge in [-0.25, -0.2) is 14.3 Å². The number of benzene rings is 1. The van der Waals surface area contributed by atoms with Crippen LogP contribution in [0.2, 0.25) is 0 Å². The summed E-state index contributed by atoms with van der Waals surface area (Å²) in [4.78, 5) is 4.37. The summed E-state index contributed by atoms with van der Waals surface area (Å²) in [5.41, 5.74) is 3.51. The van der Waals surface area contributed by atoms with E-state index in [2.05, 4.69) is 23.9 Å². The molecule has 0 saturated carbocycles. The van der Waals surface area contributed by atoms with Crippen molar-refractivity contribution in [1.29, 1.82) is 0 Å². The lowest BCUT2D eigenvalue weighted by atomic mass is 10.2. The first kappa shape index (κ1) is 14.9. The van der Waals surface area contributed by atoms with E-state index in [9.17, 15) is 5.11 Å². The highest BCUT2D eigenvalue weighted by molar-refractivity contribution is 5.55. The van der Waals surface area contributed by atoms with Gasteiger partial charge < -0.3 is 9.84 Å². The maximum atomic E-state index is 9.42. The Labute approximate surface area is 139 Å². The number of ether oxygens (including phenoxy) is 1. The maximum absolute atomic E-state index is 9.42. The summed E-state index contributed by atoms with van der Waals surface area (Å²) in [7, 11) is 0. The van der Waals surface area contributed by atoms with Crippen molar-refractivity contribution in [2.24, 2.45) is 0 Å². The molecule has 0 radical (unpaired) electrons. The van der Waals surface area contributed by atoms with E-state index in [4.69, 9.17) is 9.84 Å². The van der Waals surface area contributed by atoms with Gasteiger partial charge >= 0.3 is 0 Å². The van der Waals surface area contributed by atoms with Crippen molar-refractivity contribution in [3.63, 3.8) is 0 Å². The second-order valence-corrected chi connectivity index (χ2v) is 6.11. The van der Waals surface area contributed by atoms with Crippen LogP contribution in [0.5, 0.6) is 5.75 Å². The van der Waals surface area contributed by atoms with E-state index in [0.717, 1.165) is 40.6 Å². The molecule has 1 aliphatic heterocycles. The molecule has 0 fully saturated rings. The Balaban J connectivity index is 1.86. The van der Waals surface area contributed by atoms with Crippen molar-refractivity contribution in [1.82, 2.24) is 24.5 Å². The highest BCUT2D eigenvalue weighted by Crippen LogP contribution is 2.30. The van der Waals surface area contributed by atoms with Crippen LogP contribution in [-0.2, 0) is 13.0 Å². The molecule has 0 spiro atoms. The average molecular weight is 325 g/mol. The van der Waals surface area contributed by atoms with Gasteiger partial charge in [0, 0.05) is 18.2 Å². The number of hydrogen-bond donors (Lipinski definition) is 1. The van der Waals surface area contributed by atoms with E-state index in [1.54, 1.807) is 6.33 Å². The predicted molar refractivity (Wildman–Crippen MR) is 88.1 cm³/mol. The molecule has 7 nitrogen and oxygen atoms in total. The third kappa shape index (κ3) is 2.37. The van der Waals surface area contributed by atoms with Crippen molar-refractivity contribution in [3.8, 4) is 23.0 Å². The first-order valence-electron chi connectivity index (χ1n) is 8.03. The Morgan fingerprint density at radius 1 is 1.29 bits per heavy atom. The number of rotatable bonds is 3. The summed E-state index contributed by atoms with van der Waals surface area (Å²) in [5, 5.41) is 18.5. The lowest BCUT2D eigenvalue weighted by Crippen LogP contribution is -2.06. The molecule has 0 unspecified atom stereocenters. The third-order valence-electron chi connectivity index (χ3n) is 4.12. The van der Waals surface area contributed by atoms with Crippen LogP contribution >= 0.6 is 0 Å². The Kier molecular flexibility index (Phi) is 3.57. The third-order valence-corrected chi connectivity index (χ3v) is 4.12. The standard InChI is InChI=1S/C17H19N5O2/c1-11(2)21-17(18-10-19-21)14-8-13-5-6-24-16-4-3-12(9-23)7-15(16)22(13)20-14/h3-4,7-8,10-11,23H,5-6,9H2,1-2H3. The zero-order valence-electron chi connectivity index (χ0n) is 13.7. The molecule has 0 bridgehead atoms. The number of aromatic nitrogens is 5. The summed E-state index contributed by atoms with van der Waals surface area (Å²) < 4.78 is 9.56. The van der Waals surface area contributed by atoms with Crippen molar-refractivity contribution in [3.05, 3.63) is 41.9 Å². The highest BCUT2D eigenvalue weighted by atomic mass is 16.5. The van der Waals surface area contributed by atoms with Crippen LogP contribution in [-0.4, -0.2) is 36.3 Å². The van der Waals surface area contributed by atoms with Crippen molar-refractivity contribution in [2.45, 2.75) is 32.9 Å². The lowest BCUT2D eigenvalue weighted by molar-refractivity contribution is 0.281. The zero-order chi connectivity index (χ0) is 16.7. The summed E-state index contributed by atoms with van der Waals surface area (Å²) in [5.74, 6) is 1.53. The molecule has 3 heterocycles. The fourth-order valence-electron chi connectivity index (χ4n) is 2.94. The van der Waals surface area contributed by atoms with Crippen molar-refractivity contribution < 1.29 is 9.84 Å². The number of nitrogens with zero attached hydrogens (tertiary/aromatic N) is 5. The maximum Gasteiger partial charge on any atom is 0.178 e. The van der Waals surface area contributed by atoms with E-state index in [-0.39, 0.29) is 12.6 Å². The molecule has 7 heteroatoms. The number of aliphatic hydroxyl groups is 1. The van der Waals surface area contributed by atoms with Crippen LogP contribution in [0.25, 0.3) is 17.2 Å². The zero-order valence-corrected chi connectivity index (χ0v) is 13.7. The van der Waals surface area contributed by atoms with Gasteiger partial charge in [0.05, 0.1) is 13.2 Å². The minimum atomic E-state index is -0.0155. The van der Waals surface area contributed by atoms with Crippen molar-refractivity contribution >= 4 is 0 Å². The Morgan fingerprint density at radius 2 is 2.17 bits per heavy atom. The summed E-state index contributed by atoms with van der Waals surface area (Å²) in [6, 6.07) is 7.90. The quantitative estimate of drug-likeness (QED) is 0.798. The minimum Gasteiger partial charge on any atom is -0.491 e. The van der Waals surface area contributed by atoms with Gasteiger partial charge in [-0.2, -0.15) is 10.2 Å². The van der Waals surface area contributed by atoms with Crippen LogP contribution in [0, 0.1) is 0 Å². The van der Waals surface area contributed by atoms with Crippen LogP contribution < -0.4 is 4.74 Å². The second kappa shape index (κ2) is 5.76. The molecule has 0 saturated heterocycles. The van der Waals surface area contributed by atoms with Gasteiger partial charge in [-0.05, 0) is 37.6 Å². The minimum absolute atomic E-state index is 0.0155. The average Bonchev–Trinajstić information content (AvgIpc) is 3.19. The van der Waals surface area contributed by atoms with Gasteiger partial charge in [-0.15, -0.1) is 0 Å². The topological polar surface area (TPSA) is 78.0 Å². The molecule has 3 aromatic rings. The summed E-state index contributed by atoms with van der Waals surface area (Å²) in [6.07, 6.45) is 2.31. The van der Waals surface area contributed by atoms with Crippen molar-refractivity contribution in [2.75, 3.05) is 6.61 Å². The highest BCUT2D eigenvalue weighted by Gasteiger charge is 2.21. The van der Waals surface area contributed by atoms with E-state index >= 15 is 0 Å². The summed E-state index contributed by atoms with van der Waals surface area (Å²) >= 11 is 0. The van der Waals surface area contributed by atoms with E-state index < -0.39 is 0 Å². The second-order valence-electron chi connectivity index (χ2n) is 6.11. The molecule has 0 atom stereocenters. The van der Waals surface area contributed by atoms with Gasteiger partial charge in [0.25, 0.3) is 0 Å². The lowest BCUT2D eigenvalue weighted by Gasteiger charge is -2.10. The largest absolute Gasteiger partial charge is 0.491 e. The first-order valence-corrected chi connectivity index (χ1v) is 8.03. The van der Waals surface area contributed by atoms with E-state index in [1.165, 1.54) is 0 Å². The molecule has 1 aliphatic rings. The molecular weight excluding hydrogens is 306 g/mol. The predicted octanol–water partition coefficient (Wildman–Crippen LogP) is 2.14. The smallest absolute Gasteiger partial charge is 0.178 e. The molecule has 0 amide bonds. The molecule has 2 aromatic heterocycles. The van der Waals surface area contributed by atoms with Gasteiger partial charge in [0.1, 0.15) is 23.5 Å². The molecule has 1 N–H and O–H groups in total. The molecule has 4 rings (SSSR count). The molecule has 0 aliphatic carbocycles. The Bertz CT molecular complexity index is 881. The molecule has 24 heavy (non-hydrogen) atoms. The number of aliphatic hydroxyl groups excluding tert-OH is 1. The normalized spacial score (nSPS) is 13.3. The molecule has 124 valence electrons. The Morgan fingerprint density at radius 3 is 2.96 bits per heavy atom. The Hall–Kier alpha value is -2.67. The van der Waals surface area contributed by atoms with Crippen LogP contribution in [0.3, 0.4) is 0 Å². The van der Waals surface area contributed by atoms with Crippen LogP contribution in [0.1, 0.15) is 31.1 Å². The molecule has 1 aromatic carbocycles. The molecular formula is C17H19N5O2. The monoisotopic (exact) mass is 325 g/mol. The first-order chi connectivity index (χ1) is 11.7. The summed E-state index contributed by atoms with van der Waals surface area (Å²) in [6.45, 7) is 4.71. The number of fused-ring (bicyclic) bond motifs is 3. The van der Waals surface area contributed by atoms with Gasteiger partial charge in [-0.1, -0.05) is 6.07 Å². The van der Waals surface area contributed by atoms with Crippen LogP contribution in [0.15, 0.2) is 30.6 Å². The van der Waals surface area contributed by atoms with Gasteiger partial charge in [-0.3, -0.25) is 0 Å². The number of hydrogen-bond acceptors (Lipinski definition) is 5. The van der Waals surface area contributed by atoms with Gasteiger partial charge in [0.2, 0.25) is 0 Å². The van der Waals surface area contributed by atoms with E-state index in [1.807, 2.05) is 33.6 Å². The SMILES string of the molecule is CC(C)n1ncnc1-c1cc2n(n1)-c1cc(CO)ccc1OCC2. The van der Waals surface area contributed by atoms with Crippen LogP contribution in [0.4, 0.5) is 0 Å². The fourth-order valence-corrected chi connectivity index (χ4v) is 2.94. The van der Waals surface area contributed by atoms with Gasteiger partial charge in [0.15, 0.2) is 5.82 Å². The van der Waals surface area contributed by atoms with E-state index in [0.29, 0.717) is 6.61 Å². The fraction of sp³-hybridized carbons (Fsp3) is 0.353.